The van der Waals surface area contributed by atoms with Crippen molar-refractivity contribution in [2.45, 2.75) is 52.6 Å². The molecule has 0 spiro atoms. The third-order valence-electron chi connectivity index (χ3n) is 5.67. The lowest BCUT2D eigenvalue weighted by Crippen LogP contribution is -2.43. The fourth-order valence-corrected chi connectivity index (χ4v) is 4.86. The molecule has 1 aliphatic heterocycles. The quantitative estimate of drug-likeness (QED) is 0.581. The highest BCUT2D eigenvalue weighted by atomic mass is 32.1. The zero-order valence-corrected chi connectivity index (χ0v) is 18.2. The first-order chi connectivity index (χ1) is 13.8. The van der Waals surface area contributed by atoms with E-state index in [2.05, 4.69) is 5.32 Å². The van der Waals surface area contributed by atoms with Crippen LogP contribution in [0.3, 0.4) is 0 Å². The number of allylic oxidation sites excluding steroid dienone is 3. The number of nitrogens with one attached hydrogen (secondary N) is 1. The van der Waals surface area contributed by atoms with Crippen LogP contribution in [0, 0.1) is 11.8 Å². The monoisotopic (exact) mass is 417 g/mol. The molecule has 0 saturated heterocycles. The summed E-state index contributed by atoms with van der Waals surface area (Å²) in [4.78, 5) is 39.7. The molecular weight excluding hydrogens is 390 g/mol. The highest BCUT2D eigenvalue weighted by Crippen LogP contribution is 2.46. The third-order valence-corrected chi connectivity index (χ3v) is 6.61. The molecule has 7 heteroatoms. The van der Waals surface area contributed by atoms with Gasteiger partial charge in [-0.1, -0.05) is 19.9 Å². The van der Waals surface area contributed by atoms with Gasteiger partial charge in [0.15, 0.2) is 5.78 Å². The van der Waals surface area contributed by atoms with Crippen LogP contribution in [-0.4, -0.2) is 30.9 Å². The summed E-state index contributed by atoms with van der Waals surface area (Å²) in [5, 5.41) is 5.18. The number of ketones is 1. The fraction of sp³-hybridized carbons (Fsp3) is 0.500. The van der Waals surface area contributed by atoms with Crippen LogP contribution < -0.4 is 5.32 Å². The summed E-state index contributed by atoms with van der Waals surface area (Å²) < 4.78 is 10.5. The first kappa shape index (κ1) is 21.3. The molecule has 1 aromatic heterocycles. The fourth-order valence-electron chi connectivity index (χ4n) is 4.02. The zero-order valence-electron chi connectivity index (χ0n) is 17.4. The Balaban J connectivity index is 2.10. The summed E-state index contributed by atoms with van der Waals surface area (Å²) in [5.74, 6) is -2.85. The zero-order chi connectivity index (χ0) is 21.3. The van der Waals surface area contributed by atoms with Gasteiger partial charge in [0.05, 0.1) is 24.7 Å². The van der Waals surface area contributed by atoms with Crippen molar-refractivity contribution in [2.75, 3.05) is 7.11 Å². The number of Topliss-reactive ketones (excluding diaryl/α,β-unsaturated/α-hetero) is 1. The van der Waals surface area contributed by atoms with Crippen molar-refractivity contribution in [1.82, 2.24) is 5.32 Å². The second kappa shape index (κ2) is 8.53. The average Bonchev–Trinajstić information content (AvgIpc) is 3.20. The van der Waals surface area contributed by atoms with Crippen LogP contribution in [0.4, 0.5) is 0 Å². The molecule has 0 aromatic carbocycles. The van der Waals surface area contributed by atoms with Gasteiger partial charge in [-0.05, 0) is 44.1 Å². The van der Waals surface area contributed by atoms with Crippen molar-refractivity contribution >= 4 is 29.1 Å². The first-order valence-corrected chi connectivity index (χ1v) is 10.7. The molecule has 4 atom stereocenters. The summed E-state index contributed by atoms with van der Waals surface area (Å²) >= 11 is 1.48. The van der Waals surface area contributed by atoms with Crippen LogP contribution in [0.2, 0.25) is 0 Å². The van der Waals surface area contributed by atoms with Crippen LogP contribution in [0.1, 0.15) is 51.3 Å². The maximum Gasteiger partial charge on any atom is 0.337 e. The molecule has 29 heavy (non-hydrogen) atoms. The highest BCUT2D eigenvalue weighted by molar-refractivity contribution is 7.10. The molecule has 2 aliphatic rings. The Hall–Kier alpha value is -2.41. The van der Waals surface area contributed by atoms with Crippen LogP contribution in [-0.2, 0) is 23.9 Å². The lowest BCUT2D eigenvalue weighted by Gasteiger charge is -2.38. The average molecular weight is 418 g/mol. The van der Waals surface area contributed by atoms with Crippen LogP contribution in [0.5, 0.6) is 0 Å². The Morgan fingerprint density at radius 2 is 2.10 bits per heavy atom. The van der Waals surface area contributed by atoms with Gasteiger partial charge in [-0.25, -0.2) is 4.79 Å². The van der Waals surface area contributed by atoms with E-state index in [1.165, 1.54) is 18.4 Å². The van der Waals surface area contributed by atoms with Crippen molar-refractivity contribution < 1.29 is 23.9 Å². The number of ether oxygens (including phenoxy) is 2. The summed E-state index contributed by atoms with van der Waals surface area (Å²) in [5.41, 5.74) is 2.37. The molecule has 2 heterocycles. The van der Waals surface area contributed by atoms with E-state index in [0.29, 0.717) is 29.7 Å². The first-order valence-electron chi connectivity index (χ1n) is 9.87. The van der Waals surface area contributed by atoms with Gasteiger partial charge >= 0.3 is 11.9 Å². The van der Waals surface area contributed by atoms with Gasteiger partial charge in [0, 0.05) is 21.8 Å². The van der Waals surface area contributed by atoms with E-state index >= 15 is 0 Å². The summed E-state index contributed by atoms with van der Waals surface area (Å²) in [6.45, 7) is 7.49. The Morgan fingerprint density at radius 1 is 1.38 bits per heavy atom. The number of hydrogen-bond acceptors (Lipinski definition) is 7. The van der Waals surface area contributed by atoms with Gasteiger partial charge in [0.1, 0.15) is 5.92 Å². The van der Waals surface area contributed by atoms with Gasteiger partial charge in [0.2, 0.25) is 0 Å². The van der Waals surface area contributed by atoms with Crippen molar-refractivity contribution in [3.8, 4) is 0 Å². The molecule has 1 aromatic rings. The van der Waals surface area contributed by atoms with Crippen molar-refractivity contribution in [1.29, 1.82) is 0 Å². The van der Waals surface area contributed by atoms with Gasteiger partial charge in [-0.2, -0.15) is 0 Å². The minimum absolute atomic E-state index is 0.188. The molecule has 0 radical (unpaired) electrons. The third kappa shape index (κ3) is 3.88. The van der Waals surface area contributed by atoms with Gasteiger partial charge < -0.3 is 14.8 Å². The molecule has 0 bridgehead atoms. The van der Waals surface area contributed by atoms with Crippen LogP contribution in [0.25, 0.3) is 0 Å². The standard InChI is InChI=1S/C22H27NO5S/c1-6-12(3)28-22(26)17-13(4)23-14-10-11(2)16(21(25)27-5)20(24)18(14)19(17)15-8-7-9-29-15/h7-9,11-12,16,19,23H,6,10H2,1-5H3/t11-,12-,16+,19-/m0/s1. The Bertz CT molecular complexity index is 883. The number of esters is 2. The Morgan fingerprint density at radius 3 is 2.69 bits per heavy atom. The van der Waals surface area contributed by atoms with Crippen molar-refractivity contribution in [2.24, 2.45) is 11.8 Å². The molecule has 0 saturated carbocycles. The van der Waals surface area contributed by atoms with Gasteiger partial charge in [-0.15, -0.1) is 11.3 Å². The number of carbonyl (C=O) groups excluding carboxylic acids is 3. The number of dihydropyridines is 1. The van der Waals surface area contributed by atoms with Crippen molar-refractivity contribution in [3.05, 3.63) is 44.9 Å². The smallest absolute Gasteiger partial charge is 0.337 e. The maximum absolute atomic E-state index is 13.5. The minimum atomic E-state index is -0.867. The second-order valence-corrected chi connectivity index (χ2v) is 8.65. The van der Waals surface area contributed by atoms with E-state index in [1.54, 1.807) is 0 Å². The molecule has 3 rings (SSSR count). The number of thiophene rings is 1. The summed E-state index contributed by atoms with van der Waals surface area (Å²) in [6, 6.07) is 3.80. The lowest BCUT2D eigenvalue weighted by molar-refractivity contribution is -0.151. The molecule has 1 aliphatic carbocycles. The topological polar surface area (TPSA) is 81.7 Å². The van der Waals surface area contributed by atoms with Crippen LogP contribution >= 0.6 is 11.3 Å². The van der Waals surface area contributed by atoms with E-state index in [1.807, 2.05) is 45.2 Å². The van der Waals surface area contributed by atoms with E-state index in [9.17, 15) is 14.4 Å². The largest absolute Gasteiger partial charge is 0.468 e. The van der Waals surface area contributed by atoms with Crippen LogP contribution in [0.15, 0.2) is 40.1 Å². The number of carbonyl (C=O) groups is 3. The lowest BCUT2D eigenvalue weighted by atomic mass is 9.70. The maximum atomic E-state index is 13.5. The van der Waals surface area contributed by atoms with Gasteiger partial charge in [0.25, 0.3) is 0 Å². The van der Waals surface area contributed by atoms with Crippen molar-refractivity contribution in [3.63, 3.8) is 0 Å². The SMILES string of the molecule is CC[C@H](C)OC(=O)C1=C(C)NC2=C(C(=O)[C@H](C(=O)OC)[C@@H](C)C2)[C@H]1c1cccs1. The highest BCUT2D eigenvalue weighted by Gasteiger charge is 2.47. The number of methoxy groups -OCH3 is 1. The van der Waals surface area contributed by atoms with E-state index < -0.39 is 23.8 Å². The minimum Gasteiger partial charge on any atom is -0.468 e. The summed E-state index contributed by atoms with van der Waals surface area (Å²) in [6.07, 6.45) is 1.00. The van der Waals surface area contributed by atoms with Gasteiger partial charge in [-0.3, -0.25) is 9.59 Å². The molecule has 0 unspecified atom stereocenters. The number of hydrogen-bond donors (Lipinski definition) is 1. The molecule has 0 fully saturated rings. The molecule has 1 N–H and O–H groups in total. The predicted molar refractivity (Wildman–Crippen MR) is 110 cm³/mol. The molecule has 156 valence electrons. The molecule has 6 nitrogen and oxygen atoms in total. The number of rotatable bonds is 5. The van der Waals surface area contributed by atoms with E-state index in [0.717, 1.165) is 10.6 Å². The Kier molecular flexibility index (Phi) is 6.27. The Labute approximate surface area is 175 Å². The normalized spacial score (nSPS) is 25.3. The molecular formula is C22H27NO5S. The van der Waals surface area contributed by atoms with E-state index in [4.69, 9.17) is 9.47 Å². The second-order valence-electron chi connectivity index (χ2n) is 7.67. The summed E-state index contributed by atoms with van der Waals surface area (Å²) in [7, 11) is 1.29. The molecule has 0 amide bonds. The van der Waals surface area contributed by atoms with E-state index in [-0.39, 0.29) is 17.8 Å². The predicted octanol–water partition coefficient (Wildman–Crippen LogP) is 3.70.